The van der Waals surface area contributed by atoms with Crippen LogP contribution in [-0.4, -0.2) is 28.9 Å². The van der Waals surface area contributed by atoms with E-state index in [9.17, 15) is 9.90 Å². The van der Waals surface area contributed by atoms with Gasteiger partial charge in [0.15, 0.2) is 0 Å². The number of rotatable bonds is 5. The van der Waals surface area contributed by atoms with Gasteiger partial charge in [-0.05, 0) is 33.6 Å². The molecule has 0 aromatic rings. The van der Waals surface area contributed by atoms with Gasteiger partial charge in [-0.25, -0.2) is 4.79 Å². The van der Waals surface area contributed by atoms with Crippen molar-refractivity contribution in [3.8, 4) is 0 Å². The fourth-order valence-corrected chi connectivity index (χ4v) is 1.43. The zero-order chi connectivity index (χ0) is 12.8. The first-order valence-electron chi connectivity index (χ1n) is 5.97. The van der Waals surface area contributed by atoms with E-state index in [4.69, 9.17) is 4.74 Å². The Morgan fingerprint density at radius 3 is 2.31 bits per heavy atom. The van der Waals surface area contributed by atoms with E-state index in [0.717, 1.165) is 6.42 Å². The molecular weight excluding hydrogens is 206 g/mol. The van der Waals surface area contributed by atoms with Gasteiger partial charge in [-0.1, -0.05) is 20.3 Å². The van der Waals surface area contributed by atoms with Crippen molar-refractivity contribution in [1.29, 1.82) is 0 Å². The zero-order valence-corrected chi connectivity index (χ0v) is 11.0. The van der Waals surface area contributed by atoms with Gasteiger partial charge < -0.3 is 15.2 Å². The Bertz CT molecular complexity index is 211. The van der Waals surface area contributed by atoms with Crippen molar-refractivity contribution in [2.45, 2.75) is 71.6 Å². The standard InChI is InChI=1S/C12H25NO3/c1-6-8-10(14)9(7-2)13-11(15)16-12(3,4)5/h9-10,14H,6-8H2,1-5H3,(H,13,15). The highest BCUT2D eigenvalue weighted by molar-refractivity contribution is 5.68. The van der Waals surface area contributed by atoms with E-state index in [-0.39, 0.29) is 6.04 Å². The van der Waals surface area contributed by atoms with Gasteiger partial charge in [0.1, 0.15) is 5.60 Å². The van der Waals surface area contributed by atoms with E-state index in [1.54, 1.807) is 0 Å². The number of alkyl carbamates (subject to hydrolysis) is 1. The molecule has 2 atom stereocenters. The van der Waals surface area contributed by atoms with Crippen LogP contribution in [0.25, 0.3) is 0 Å². The third-order valence-electron chi connectivity index (χ3n) is 2.19. The maximum absolute atomic E-state index is 11.5. The molecule has 0 bridgehead atoms. The fourth-order valence-electron chi connectivity index (χ4n) is 1.43. The Labute approximate surface area is 98.4 Å². The zero-order valence-electron chi connectivity index (χ0n) is 11.0. The summed E-state index contributed by atoms with van der Waals surface area (Å²) >= 11 is 0. The molecule has 1 amide bonds. The van der Waals surface area contributed by atoms with Crippen molar-refractivity contribution < 1.29 is 14.6 Å². The average Bonchev–Trinajstić information content (AvgIpc) is 2.11. The molecule has 0 aromatic carbocycles. The van der Waals surface area contributed by atoms with Crippen LogP contribution in [-0.2, 0) is 4.74 Å². The van der Waals surface area contributed by atoms with Gasteiger partial charge >= 0.3 is 6.09 Å². The Morgan fingerprint density at radius 2 is 1.94 bits per heavy atom. The van der Waals surface area contributed by atoms with E-state index in [2.05, 4.69) is 5.32 Å². The van der Waals surface area contributed by atoms with Crippen LogP contribution in [0.5, 0.6) is 0 Å². The maximum Gasteiger partial charge on any atom is 0.407 e. The molecule has 0 rings (SSSR count). The quantitative estimate of drug-likeness (QED) is 0.764. The van der Waals surface area contributed by atoms with Crippen molar-refractivity contribution in [3.05, 3.63) is 0 Å². The topological polar surface area (TPSA) is 58.6 Å². The van der Waals surface area contributed by atoms with Crippen LogP contribution in [0.3, 0.4) is 0 Å². The smallest absolute Gasteiger partial charge is 0.407 e. The SMILES string of the molecule is CCCC(O)C(CC)NC(=O)OC(C)(C)C. The highest BCUT2D eigenvalue weighted by atomic mass is 16.6. The second-order valence-electron chi connectivity index (χ2n) is 5.02. The maximum atomic E-state index is 11.5. The van der Waals surface area contributed by atoms with Crippen molar-refractivity contribution >= 4 is 6.09 Å². The van der Waals surface area contributed by atoms with Crippen LogP contribution >= 0.6 is 0 Å². The third kappa shape index (κ3) is 6.67. The number of carbonyl (C=O) groups excluding carboxylic acids is 1. The highest BCUT2D eigenvalue weighted by Crippen LogP contribution is 2.09. The second kappa shape index (κ2) is 6.74. The van der Waals surface area contributed by atoms with Crippen LogP contribution in [0.4, 0.5) is 4.79 Å². The van der Waals surface area contributed by atoms with Gasteiger partial charge in [-0.2, -0.15) is 0 Å². The predicted octanol–water partition coefficient (Wildman–Crippen LogP) is 2.45. The summed E-state index contributed by atoms with van der Waals surface area (Å²) in [6.45, 7) is 9.38. The van der Waals surface area contributed by atoms with E-state index in [0.29, 0.717) is 12.8 Å². The number of aliphatic hydroxyl groups is 1. The van der Waals surface area contributed by atoms with Gasteiger partial charge in [0.25, 0.3) is 0 Å². The molecule has 0 aliphatic carbocycles. The summed E-state index contributed by atoms with van der Waals surface area (Å²) in [6, 6.07) is -0.227. The summed E-state index contributed by atoms with van der Waals surface area (Å²) in [7, 11) is 0. The van der Waals surface area contributed by atoms with E-state index in [1.165, 1.54) is 0 Å². The number of hydrogen-bond acceptors (Lipinski definition) is 3. The fraction of sp³-hybridized carbons (Fsp3) is 0.917. The molecule has 0 aromatic heterocycles. The Kier molecular flexibility index (Phi) is 6.41. The normalized spacial score (nSPS) is 15.4. The first kappa shape index (κ1) is 15.2. The van der Waals surface area contributed by atoms with Crippen LogP contribution in [0.1, 0.15) is 53.9 Å². The highest BCUT2D eigenvalue weighted by Gasteiger charge is 2.22. The first-order chi connectivity index (χ1) is 7.30. The monoisotopic (exact) mass is 231 g/mol. The molecular formula is C12H25NO3. The lowest BCUT2D eigenvalue weighted by atomic mass is 10.0. The summed E-state index contributed by atoms with van der Waals surface area (Å²) in [5.74, 6) is 0. The lowest BCUT2D eigenvalue weighted by molar-refractivity contribution is 0.0409. The summed E-state index contributed by atoms with van der Waals surface area (Å²) in [5.41, 5.74) is -0.502. The van der Waals surface area contributed by atoms with Crippen molar-refractivity contribution in [2.75, 3.05) is 0 Å². The molecule has 0 aliphatic heterocycles. The molecule has 2 N–H and O–H groups in total. The Balaban J connectivity index is 4.16. The lowest BCUT2D eigenvalue weighted by Gasteiger charge is -2.25. The lowest BCUT2D eigenvalue weighted by Crippen LogP contribution is -2.45. The number of nitrogens with one attached hydrogen (secondary N) is 1. The van der Waals surface area contributed by atoms with Gasteiger partial charge in [0.2, 0.25) is 0 Å². The molecule has 16 heavy (non-hydrogen) atoms. The van der Waals surface area contributed by atoms with E-state index < -0.39 is 17.8 Å². The Morgan fingerprint density at radius 1 is 1.38 bits per heavy atom. The third-order valence-corrected chi connectivity index (χ3v) is 2.19. The number of hydrogen-bond donors (Lipinski definition) is 2. The predicted molar refractivity (Wildman–Crippen MR) is 64.4 cm³/mol. The van der Waals surface area contributed by atoms with Crippen LogP contribution in [0.15, 0.2) is 0 Å². The molecule has 0 fully saturated rings. The summed E-state index contributed by atoms with van der Waals surface area (Å²) in [6.07, 6.45) is 1.32. The minimum Gasteiger partial charge on any atom is -0.444 e. The van der Waals surface area contributed by atoms with Gasteiger partial charge in [0, 0.05) is 0 Å². The molecule has 4 nitrogen and oxygen atoms in total. The Hall–Kier alpha value is -0.770. The van der Waals surface area contributed by atoms with Gasteiger partial charge in [-0.3, -0.25) is 0 Å². The number of ether oxygens (including phenoxy) is 1. The average molecular weight is 231 g/mol. The molecule has 2 unspecified atom stereocenters. The first-order valence-corrected chi connectivity index (χ1v) is 5.97. The molecule has 0 spiro atoms. The van der Waals surface area contributed by atoms with Crippen molar-refractivity contribution in [1.82, 2.24) is 5.32 Å². The van der Waals surface area contributed by atoms with Crippen LogP contribution in [0, 0.1) is 0 Å². The number of carbonyl (C=O) groups is 1. The van der Waals surface area contributed by atoms with Crippen LogP contribution < -0.4 is 5.32 Å². The van der Waals surface area contributed by atoms with Gasteiger partial charge in [0.05, 0.1) is 12.1 Å². The van der Waals surface area contributed by atoms with E-state index >= 15 is 0 Å². The largest absolute Gasteiger partial charge is 0.444 e. The molecule has 0 saturated heterocycles. The minimum absolute atomic E-state index is 0.227. The van der Waals surface area contributed by atoms with E-state index in [1.807, 2.05) is 34.6 Å². The summed E-state index contributed by atoms with van der Waals surface area (Å²) in [5, 5.41) is 12.5. The molecule has 4 heteroatoms. The molecule has 0 saturated carbocycles. The summed E-state index contributed by atoms with van der Waals surface area (Å²) < 4.78 is 5.14. The number of amides is 1. The molecule has 96 valence electrons. The van der Waals surface area contributed by atoms with Gasteiger partial charge in [-0.15, -0.1) is 0 Å². The number of aliphatic hydroxyl groups excluding tert-OH is 1. The minimum atomic E-state index is -0.502. The molecule has 0 heterocycles. The summed E-state index contributed by atoms with van der Waals surface area (Å²) in [4.78, 5) is 11.5. The molecule has 0 radical (unpaired) electrons. The second-order valence-corrected chi connectivity index (χ2v) is 5.02. The van der Waals surface area contributed by atoms with Crippen molar-refractivity contribution in [2.24, 2.45) is 0 Å². The molecule has 0 aliphatic rings. The van der Waals surface area contributed by atoms with Crippen LogP contribution in [0.2, 0.25) is 0 Å². The van der Waals surface area contributed by atoms with Crippen molar-refractivity contribution in [3.63, 3.8) is 0 Å².